The van der Waals surface area contributed by atoms with Crippen LogP contribution in [0.15, 0.2) is 24.3 Å². The van der Waals surface area contributed by atoms with Gasteiger partial charge in [0.25, 0.3) is 0 Å². The third kappa shape index (κ3) is 2.47. The normalized spacial score (nSPS) is 9.95. The first-order valence-electron chi connectivity index (χ1n) is 5.90. The fraction of sp³-hybridized carbons (Fsp3) is 0.214. The number of nitrogens with zero attached hydrogens (tertiary/aromatic N) is 2. The average Bonchev–Trinajstić information content (AvgIpc) is 2.81. The Morgan fingerprint density at radius 2 is 2.11 bits per heavy atom. The minimum atomic E-state index is -0.410. The van der Waals surface area contributed by atoms with Gasteiger partial charge in [0.2, 0.25) is 0 Å². The molecule has 0 unspecified atom stereocenters. The standard InChI is InChI=1S/C14H13N3O2/c1-3-19-14(18)13-9(2)12(16-17-13)11-6-4-10(8-15)5-7-11/h4-7H,3H2,1-2H3,(H,16,17). The largest absolute Gasteiger partial charge is 0.461 e. The zero-order chi connectivity index (χ0) is 13.8. The van der Waals surface area contributed by atoms with E-state index in [9.17, 15) is 4.79 Å². The molecule has 5 nitrogen and oxygen atoms in total. The van der Waals surface area contributed by atoms with Crippen LogP contribution in [0.1, 0.15) is 28.5 Å². The molecule has 0 atom stereocenters. The number of carbonyl (C=O) groups excluding carboxylic acids is 1. The van der Waals surface area contributed by atoms with E-state index in [4.69, 9.17) is 10.00 Å². The maximum absolute atomic E-state index is 11.7. The molecular weight excluding hydrogens is 242 g/mol. The van der Waals surface area contributed by atoms with Crippen molar-refractivity contribution in [2.75, 3.05) is 6.61 Å². The summed E-state index contributed by atoms with van der Waals surface area (Å²) in [7, 11) is 0. The second-order valence-electron chi connectivity index (χ2n) is 3.98. The Balaban J connectivity index is 2.36. The first kappa shape index (κ1) is 12.8. The molecule has 0 aliphatic heterocycles. The van der Waals surface area contributed by atoms with Gasteiger partial charge in [-0.2, -0.15) is 10.4 Å². The van der Waals surface area contributed by atoms with Gasteiger partial charge in [-0.15, -0.1) is 0 Å². The van der Waals surface area contributed by atoms with E-state index in [0.29, 0.717) is 23.6 Å². The van der Waals surface area contributed by atoms with Crippen LogP contribution in [0.2, 0.25) is 0 Å². The molecule has 1 N–H and O–H groups in total. The smallest absolute Gasteiger partial charge is 0.356 e. The van der Waals surface area contributed by atoms with E-state index in [2.05, 4.69) is 16.3 Å². The number of H-pyrrole nitrogens is 1. The molecule has 0 saturated carbocycles. The van der Waals surface area contributed by atoms with Crippen LogP contribution >= 0.6 is 0 Å². The summed E-state index contributed by atoms with van der Waals surface area (Å²) in [5.41, 5.74) is 3.22. The SMILES string of the molecule is CCOC(=O)c1[nH]nc(-c2ccc(C#N)cc2)c1C. The molecule has 1 heterocycles. The molecule has 2 aromatic rings. The highest BCUT2D eigenvalue weighted by Gasteiger charge is 2.17. The van der Waals surface area contributed by atoms with Crippen LogP contribution < -0.4 is 0 Å². The van der Waals surface area contributed by atoms with Crippen LogP contribution in [0, 0.1) is 18.3 Å². The number of rotatable bonds is 3. The number of aromatic amines is 1. The summed E-state index contributed by atoms with van der Waals surface area (Å²) in [5, 5.41) is 15.6. The number of hydrogen-bond donors (Lipinski definition) is 1. The fourth-order valence-electron chi connectivity index (χ4n) is 1.78. The quantitative estimate of drug-likeness (QED) is 0.854. The molecule has 96 valence electrons. The highest BCUT2D eigenvalue weighted by Crippen LogP contribution is 2.23. The number of esters is 1. The summed E-state index contributed by atoms with van der Waals surface area (Å²) in [4.78, 5) is 11.7. The predicted octanol–water partition coefficient (Wildman–Crippen LogP) is 2.43. The molecule has 1 aromatic carbocycles. The Kier molecular flexibility index (Phi) is 3.62. The van der Waals surface area contributed by atoms with E-state index in [0.717, 1.165) is 11.1 Å². The number of benzene rings is 1. The molecule has 5 heteroatoms. The molecule has 1 aromatic heterocycles. The van der Waals surface area contributed by atoms with Crippen molar-refractivity contribution in [3.8, 4) is 17.3 Å². The number of nitriles is 1. The first-order valence-corrected chi connectivity index (χ1v) is 5.90. The molecule has 0 fully saturated rings. The summed E-state index contributed by atoms with van der Waals surface area (Å²) in [6.07, 6.45) is 0. The molecule has 0 aliphatic rings. The van der Waals surface area contributed by atoms with Gasteiger partial charge < -0.3 is 4.74 Å². The number of hydrogen-bond acceptors (Lipinski definition) is 4. The molecule has 0 saturated heterocycles. The van der Waals surface area contributed by atoms with Crippen molar-refractivity contribution >= 4 is 5.97 Å². The van der Waals surface area contributed by atoms with E-state index in [-0.39, 0.29) is 0 Å². The van der Waals surface area contributed by atoms with E-state index in [1.165, 1.54) is 0 Å². The third-order valence-electron chi connectivity index (χ3n) is 2.78. The lowest BCUT2D eigenvalue weighted by molar-refractivity contribution is 0.0518. The average molecular weight is 255 g/mol. The van der Waals surface area contributed by atoms with Gasteiger partial charge in [-0.25, -0.2) is 4.79 Å². The minimum absolute atomic E-state index is 0.323. The van der Waals surface area contributed by atoms with Gasteiger partial charge in [-0.05, 0) is 26.0 Å². The number of carbonyl (C=O) groups is 1. The van der Waals surface area contributed by atoms with Gasteiger partial charge in [0.05, 0.1) is 23.9 Å². The van der Waals surface area contributed by atoms with Crippen molar-refractivity contribution in [2.24, 2.45) is 0 Å². The topological polar surface area (TPSA) is 78.8 Å². The Labute approximate surface area is 110 Å². The zero-order valence-electron chi connectivity index (χ0n) is 10.7. The third-order valence-corrected chi connectivity index (χ3v) is 2.78. The zero-order valence-corrected chi connectivity index (χ0v) is 10.7. The fourth-order valence-corrected chi connectivity index (χ4v) is 1.78. The van der Waals surface area contributed by atoms with Crippen LogP contribution in [0.3, 0.4) is 0 Å². The monoisotopic (exact) mass is 255 g/mol. The van der Waals surface area contributed by atoms with Gasteiger partial charge in [-0.3, -0.25) is 5.10 Å². The Morgan fingerprint density at radius 1 is 1.42 bits per heavy atom. The van der Waals surface area contributed by atoms with Crippen molar-refractivity contribution in [2.45, 2.75) is 13.8 Å². The lowest BCUT2D eigenvalue weighted by Crippen LogP contribution is -2.06. The number of nitrogens with one attached hydrogen (secondary N) is 1. The van der Waals surface area contributed by atoms with Crippen LogP contribution in [-0.2, 0) is 4.74 Å². The van der Waals surface area contributed by atoms with Crippen LogP contribution in [-0.4, -0.2) is 22.8 Å². The highest BCUT2D eigenvalue weighted by atomic mass is 16.5. The lowest BCUT2D eigenvalue weighted by atomic mass is 10.1. The van der Waals surface area contributed by atoms with E-state index >= 15 is 0 Å². The molecule has 0 amide bonds. The second kappa shape index (κ2) is 5.36. The molecular formula is C14H13N3O2. The Morgan fingerprint density at radius 3 is 2.68 bits per heavy atom. The van der Waals surface area contributed by atoms with Crippen LogP contribution in [0.4, 0.5) is 0 Å². The summed E-state index contributed by atoms with van der Waals surface area (Å²) in [6, 6.07) is 9.09. The number of ether oxygens (including phenoxy) is 1. The van der Waals surface area contributed by atoms with Crippen molar-refractivity contribution in [1.82, 2.24) is 10.2 Å². The van der Waals surface area contributed by atoms with Gasteiger partial charge in [-0.1, -0.05) is 12.1 Å². The van der Waals surface area contributed by atoms with E-state index < -0.39 is 5.97 Å². The Bertz CT molecular complexity index is 636. The van der Waals surface area contributed by atoms with Crippen LogP contribution in [0.25, 0.3) is 11.3 Å². The van der Waals surface area contributed by atoms with Gasteiger partial charge in [0.1, 0.15) is 5.69 Å². The van der Waals surface area contributed by atoms with Gasteiger partial charge >= 0.3 is 5.97 Å². The number of aromatic nitrogens is 2. The van der Waals surface area contributed by atoms with Gasteiger partial charge in [0.15, 0.2) is 0 Å². The van der Waals surface area contributed by atoms with Crippen molar-refractivity contribution in [3.63, 3.8) is 0 Å². The maximum atomic E-state index is 11.7. The van der Waals surface area contributed by atoms with Crippen LogP contribution in [0.5, 0.6) is 0 Å². The van der Waals surface area contributed by atoms with E-state index in [1.54, 1.807) is 31.2 Å². The van der Waals surface area contributed by atoms with Gasteiger partial charge in [0, 0.05) is 11.1 Å². The molecule has 0 spiro atoms. The molecule has 0 aliphatic carbocycles. The highest BCUT2D eigenvalue weighted by molar-refractivity contribution is 5.91. The molecule has 0 bridgehead atoms. The van der Waals surface area contributed by atoms with Crippen molar-refractivity contribution < 1.29 is 9.53 Å². The van der Waals surface area contributed by atoms with Crippen molar-refractivity contribution in [3.05, 3.63) is 41.1 Å². The summed E-state index contributed by atoms with van der Waals surface area (Å²) >= 11 is 0. The minimum Gasteiger partial charge on any atom is -0.461 e. The lowest BCUT2D eigenvalue weighted by Gasteiger charge is -2.01. The van der Waals surface area contributed by atoms with Crippen molar-refractivity contribution in [1.29, 1.82) is 5.26 Å². The summed E-state index contributed by atoms with van der Waals surface area (Å²) in [5.74, 6) is -0.410. The summed E-state index contributed by atoms with van der Waals surface area (Å²) in [6.45, 7) is 3.89. The molecule has 0 radical (unpaired) electrons. The summed E-state index contributed by atoms with van der Waals surface area (Å²) < 4.78 is 4.94. The van der Waals surface area contributed by atoms with E-state index in [1.807, 2.05) is 6.92 Å². The predicted molar refractivity (Wildman–Crippen MR) is 69.4 cm³/mol. The second-order valence-corrected chi connectivity index (χ2v) is 3.98. The first-order chi connectivity index (χ1) is 9.17. The molecule has 2 rings (SSSR count). The molecule has 19 heavy (non-hydrogen) atoms. The maximum Gasteiger partial charge on any atom is 0.356 e. The Hall–Kier alpha value is -2.61.